The van der Waals surface area contributed by atoms with E-state index in [0.717, 1.165) is 12.8 Å². The Bertz CT molecular complexity index is 338. The highest BCUT2D eigenvalue weighted by Gasteiger charge is 2.08. The molecule has 1 aromatic carbocycles. The zero-order chi connectivity index (χ0) is 11.3. The molecule has 0 saturated heterocycles. The van der Waals surface area contributed by atoms with Crippen molar-refractivity contribution < 1.29 is 9.90 Å². The van der Waals surface area contributed by atoms with Gasteiger partial charge in [-0.25, -0.2) is 4.79 Å². The molecule has 0 heterocycles. The quantitative estimate of drug-likeness (QED) is 0.746. The Morgan fingerprint density at radius 2 is 2.07 bits per heavy atom. The number of carbonyl (C=O) groups is 1. The van der Waals surface area contributed by atoms with E-state index in [1.54, 1.807) is 12.1 Å². The summed E-state index contributed by atoms with van der Waals surface area (Å²) in [7, 11) is 0. The molecule has 0 amide bonds. The predicted octanol–water partition coefficient (Wildman–Crippen LogP) is 3.45. The van der Waals surface area contributed by atoms with Gasteiger partial charge in [-0.05, 0) is 36.5 Å². The average molecular weight is 204 g/mol. The minimum Gasteiger partial charge on any atom is -0.478 e. The maximum Gasteiger partial charge on any atom is 0.335 e. The summed E-state index contributed by atoms with van der Waals surface area (Å²) in [5, 5.41) is 8.76. The molecule has 0 aromatic heterocycles. The summed E-state index contributed by atoms with van der Waals surface area (Å²) in [6.45, 7) is 5.85. The van der Waals surface area contributed by atoms with E-state index in [4.69, 9.17) is 5.11 Å². The number of hydrogen-bond donors (Lipinski definition) is 1. The van der Waals surface area contributed by atoms with Gasteiger partial charge in [0.15, 0.2) is 0 Å². The van der Waals surface area contributed by atoms with E-state index < -0.39 is 5.97 Å². The second-order valence-electron chi connectivity index (χ2n) is 3.56. The van der Waals surface area contributed by atoms with Crippen molar-refractivity contribution in [2.75, 3.05) is 0 Å². The van der Waals surface area contributed by atoms with Crippen LogP contribution in [-0.4, -0.2) is 11.1 Å². The largest absolute Gasteiger partial charge is 0.478 e. The molecule has 2 heteroatoms. The Morgan fingerprint density at radius 3 is 2.47 bits per heavy atom. The Hall–Kier alpha value is -1.57. The van der Waals surface area contributed by atoms with Crippen LogP contribution < -0.4 is 0 Å². The predicted molar refractivity (Wildman–Crippen MR) is 61.2 cm³/mol. The Balaban J connectivity index is 2.86. The molecule has 1 rings (SSSR count). The molecule has 0 fully saturated rings. The highest BCUT2D eigenvalue weighted by atomic mass is 16.4. The highest BCUT2D eigenvalue weighted by Crippen LogP contribution is 2.23. The van der Waals surface area contributed by atoms with Gasteiger partial charge in [0, 0.05) is 0 Å². The second-order valence-corrected chi connectivity index (χ2v) is 3.56. The lowest BCUT2D eigenvalue weighted by Gasteiger charge is -2.12. The molecule has 0 bridgehead atoms. The van der Waals surface area contributed by atoms with Gasteiger partial charge in [0.05, 0.1) is 5.56 Å². The average Bonchev–Trinajstić information content (AvgIpc) is 2.26. The van der Waals surface area contributed by atoms with Crippen LogP contribution in [0.25, 0.3) is 0 Å². The van der Waals surface area contributed by atoms with Crippen molar-refractivity contribution in [1.29, 1.82) is 0 Å². The number of carboxylic acids is 1. The molecule has 0 radical (unpaired) electrons. The molecule has 0 aliphatic rings. The molecule has 1 aromatic rings. The first-order valence-corrected chi connectivity index (χ1v) is 5.13. The number of hydrogen-bond acceptors (Lipinski definition) is 1. The molecular weight excluding hydrogens is 188 g/mol. The first-order valence-electron chi connectivity index (χ1n) is 5.13. The van der Waals surface area contributed by atoms with Gasteiger partial charge in [-0.3, -0.25) is 0 Å². The third-order valence-electron chi connectivity index (χ3n) is 2.57. The molecule has 1 atom stereocenters. The molecule has 0 spiro atoms. The number of rotatable bonds is 5. The lowest BCUT2D eigenvalue weighted by molar-refractivity contribution is 0.0697. The van der Waals surface area contributed by atoms with Crippen molar-refractivity contribution in [3.05, 3.63) is 48.0 Å². The van der Waals surface area contributed by atoms with Gasteiger partial charge in [-0.1, -0.05) is 25.1 Å². The van der Waals surface area contributed by atoms with E-state index in [9.17, 15) is 4.79 Å². The fourth-order valence-corrected chi connectivity index (χ4v) is 1.64. The summed E-state index contributed by atoms with van der Waals surface area (Å²) in [4.78, 5) is 10.7. The minimum absolute atomic E-state index is 0.340. The second kappa shape index (κ2) is 5.35. The zero-order valence-electron chi connectivity index (χ0n) is 8.94. The molecule has 80 valence electrons. The van der Waals surface area contributed by atoms with Crippen molar-refractivity contribution in [3.63, 3.8) is 0 Å². The van der Waals surface area contributed by atoms with E-state index in [2.05, 4.69) is 13.5 Å². The lowest BCUT2D eigenvalue weighted by Crippen LogP contribution is -1.99. The van der Waals surface area contributed by atoms with Crippen LogP contribution in [0.2, 0.25) is 0 Å². The molecule has 0 aliphatic carbocycles. The van der Waals surface area contributed by atoms with Crippen LogP contribution in [0.4, 0.5) is 0 Å². The van der Waals surface area contributed by atoms with E-state index in [1.165, 1.54) is 5.56 Å². The van der Waals surface area contributed by atoms with Gasteiger partial charge in [-0.2, -0.15) is 0 Å². The van der Waals surface area contributed by atoms with Crippen LogP contribution in [0.3, 0.4) is 0 Å². The fourth-order valence-electron chi connectivity index (χ4n) is 1.64. The molecular formula is C13H16O2. The van der Waals surface area contributed by atoms with Crippen molar-refractivity contribution in [2.45, 2.75) is 25.7 Å². The van der Waals surface area contributed by atoms with Crippen LogP contribution in [-0.2, 0) is 0 Å². The van der Waals surface area contributed by atoms with Crippen LogP contribution in [0.5, 0.6) is 0 Å². The minimum atomic E-state index is -0.877. The maximum absolute atomic E-state index is 10.7. The zero-order valence-corrected chi connectivity index (χ0v) is 8.94. The van der Waals surface area contributed by atoms with Crippen LogP contribution in [0.1, 0.15) is 41.6 Å². The standard InChI is InChI=1S/C13H16O2/c1-3-5-10(4-2)11-6-8-12(9-7-11)13(14)15/h3,6-10H,1,4-5H2,2H3,(H,14,15)/t10-/m1/s1. The number of allylic oxidation sites excluding steroid dienone is 1. The molecule has 0 aliphatic heterocycles. The van der Waals surface area contributed by atoms with Crippen LogP contribution >= 0.6 is 0 Å². The normalized spacial score (nSPS) is 12.1. The third-order valence-corrected chi connectivity index (χ3v) is 2.57. The summed E-state index contributed by atoms with van der Waals surface area (Å²) < 4.78 is 0. The smallest absolute Gasteiger partial charge is 0.335 e. The number of carboxylic acid groups (broad SMARTS) is 1. The molecule has 1 N–H and O–H groups in total. The van der Waals surface area contributed by atoms with E-state index in [0.29, 0.717) is 11.5 Å². The SMILES string of the molecule is C=CC[C@@H](CC)c1ccc(C(=O)O)cc1. The number of aromatic carboxylic acids is 1. The van der Waals surface area contributed by atoms with Gasteiger partial charge in [-0.15, -0.1) is 6.58 Å². The van der Waals surface area contributed by atoms with Gasteiger partial charge < -0.3 is 5.11 Å². The highest BCUT2D eigenvalue weighted by molar-refractivity contribution is 5.87. The third kappa shape index (κ3) is 2.94. The molecule has 2 nitrogen and oxygen atoms in total. The van der Waals surface area contributed by atoms with Crippen molar-refractivity contribution in [2.24, 2.45) is 0 Å². The van der Waals surface area contributed by atoms with Crippen LogP contribution in [0.15, 0.2) is 36.9 Å². The Morgan fingerprint density at radius 1 is 1.47 bits per heavy atom. The lowest BCUT2D eigenvalue weighted by atomic mass is 9.93. The fraction of sp³-hybridized carbons (Fsp3) is 0.308. The van der Waals surface area contributed by atoms with Crippen molar-refractivity contribution >= 4 is 5.97 Å². The first kappa shape index (κ1) is 11.5. The van der Waals surface area contributed by atoms with E-state index in [-0.39, 0.29) is 0 Å². The monoisotopic (exact) mass is 204 g/mol. The maximum atomic E-state index is 10.7. The number of benzene rings is 1. The first-order chi connectivity index (χ1) is 7.19. The van der Waals surface area contributed by atoms with Gasteiger partial charge in [0.2, 0.25) is 0 Å². The topological polar surface area (TPSA) is 37.3 Å². The Kier molecular flexibility index (Phi) is 4.10. The van der Waals surface area contributed by atoms with E-state index in [1.807, 2.05) is 18.2 Å². The molecule has 15 heavy (non-hydrogen) atoms. The molecule has 0 saturated carbocycles. The Labute approximate surface area is 90.3 Å². The van der Waals surface area contributed by atoms with Crippen molar-refractivity contribution in [1.82, 2.24) is 0 Å². The van der Waals surface area contributed by atoms with Gasteiger partial charge in [0.1, 0.15) is 0 Å². The van der Waals surface area contributed by atoms with Crippen molar-refractivity contribution in [3.8, 4) is 0 Å². The molecule has 0 unspecified atom stereocenters. The summed E-state index contributed by atoms with van der Waals surface area (Å²) in [5.41, 5.74) is 1.52. The summed E-state index contributed by atoms with van der Waals surface area (Å²) >= 11 is 0. The van der Waals surface area contributed by atoms with Crippen LogP contribution in [0, 0.1) is 0 Å². The van der Waals surface area contributed by atoms with E-state index >= 15 is 0 Å². The summed E-state index contributed by atoms with van der Waals surface area (Å²) in [5.74, 6) is -0.427. The van der Waals surface area contributed by atoms with Gasteiger partial charge >= 0.3 is 5.97 Å². The summed E-state index contributed by atoms with van der Waals surface area (Å²) in [6, 6.07) is 7.09. The summed E-state index contributed by atoms with van der Waals surface area (Å²) in [6.07, 6.45) is 3.88. The van der Waals surface area contributed by atoms with Gasteiger partial charge in [0.25, 0.3) is 0 Å².